The first-order chi connectivity index (χ1) is 25.0. The third-order valence-electron chi connectivity index (χ3n) is 9.02. The van der Waals surface area contributed by atoms with Crippen LogP contribution in [0.2, 0.25) is 0 Å². The van der Waals surface area contributed by atoms with E-state index in [0.29, 0.717) is 43.5 Å². The van der Waals surface area contributed by atoms with Gasteiger partial charge in [0.2, 0.25) is 18.2 Å². The molecule has 2 aliphatic carbocycles. The smallest absolute Gasteiger partial charge is 0.243 e. The highest BCUT2D eigenvalue weighted by atomic mass is 32.2. The second kappa shape index (κ2) is 19.8. The number of nitrogens with zero attached hydrogens (tertiary/aromatic N) is 2. The Morgan fingerprint density at radius 2 is 1.94 bits per heavy atom. The number of ether oxygens (including phenoxy) is 2. The molecule has 3 aromatic rings. The SMILES string of the molecule is C=CCCCOC[C@H](C)C(=O)N1CCCC1C(=O)NC1CC1.COc1ccc2c(=O)cc(-c3nc(C(C)C)cs3)[nH]c2c1C.O=CNS(=O)C1CC1. The van der Waals surface area contributed by atoms with E-state index in [9.17, 15) is 23.4 Å². The van der Waals surface area contributed by atoms with E-state index in [2.05, 4.69) is 40.4 Å². The molecule has 6 rings (SSSR count). The number of benzene rings is 1. The first kappa shape index (κ1) is 40.9. The predicted octanol–water partition coefficient (Wildman–Crippen LogP) is 5.53. The first-order valence-corrected chi connectivity index (χ1v) is 20.1. The largest absolute Gasteiger partial charge is 0.496 e. The number of carbonyl (C=O) groups is 3. The minimum Gasteiger partial charge on any atom is -0.496 e. The molecular weight excluding hydrogens is 703 g/mol. The molecule has 0 spiro atoms. The molecule has 3 heterocycles. The van der Waals surface area contributed by atoms with Gasteiger partial charge in [-0.25, -0.2) is 9.19 Å². The number of aromatic amines is 1. The first-order valence-electron chi connectivity index (χ1n) is 18.0. The van der Waals surface area contributed by atoms with Crippen LogP contribution in [-0.2, 0) is 30.1 Å². The fourth-order valence-corrected chi connectivity index (χ4v) is 7.45. The molecule has 2 aromatic heterocycles. The zero-order chi connectivity index (χ0) is 37.8. The average molecular weight is 756 g/mol. The lowest BCUT2D eigenvalue weighted by Gasteiger charge is -2.26. The molecule has 3 atom stereocenters. The van der Waals surface area contributed by atoms with Gasteiger partial charge in [-0.3, -0.25) is 23.9 Å². The molecule has 14 heteroatoms. The number of allylic oxidation sites excluding steroid dienone is 1. The molecule has 3 N–H and O–H groups in total. The minimum absolute atomic E-state index is 0.00389. The summed E-state index contributed by atoms with van der Waals surface area (Å²) in [5.74, 6) is 1.00. The number of hydrogen-bond donors (Lipinski definition) is 3. The topological polar surface area (TPSA) is 160 Å². The Bertz CT molecular complexity index is 1770. The van der Waals surface area contributed by atoms with Crippen molar-refractivity contribution in [2.75, 3.05) is 26.9 Å². The van der Waals surface area contributed by atoms with Crippen LogP contribution in [0.25, 0.3) is 21.6 Å². The Balaban J connectivity index is 0.000000192. The average Bonchev–Trinajstić information content (AvgIpc) is 4.04. The van der Waals surface area contributed by atoms with Crippen molar-refractivity contribution >= 4 is 51.4 Å². The molecular formula is C38H53N5O7S2. The second-order valence-electron chi connectivity index (χ2n) is 13.7. The number of hydrogen-bond acceptors (Lipinski definition) is 9. The molecule has 1 aromatic carbocycles. The molecule has 3 fully saturated rings. The molecule has 2 saturated carbocycles. The zero-order valence-corrected chi connectivity index (χ0v) is 32.5. The third kappa shape index (κ3) is 11.6. The number of aryl methyl sites for hydroxylation is 1. The lowest BCUT2D eigenvalue weighted by atomic mass is 10.1. The van der Waals surface area contributed by atoms with Gasteiger partial charge in [0.1, 0.15) is 27.8 Å². The third-order valence-corrected chi connectivity index (χ3v) is 11.3. The molecule has 2 unspecified atom stereocenters. The number of fused-ring (bicyclic) bond motifs is 1. The Hall–Kier alpha value is -3.88. The van der Waals surface area contributed by atoms with Gasteiger partial charge in [0.15, 0.2) is 5.43 Å². The van der Waals surface area contributed by atoms with Crippen molar-refractivity contribution in [3.63, 3.8) is 0 Å². The normalized spacial score (nSPS) is 17.7. The summed E-state index contributed by atoms with van der Waals surface area (Å²) >= 11 is 1.55. The molecule has 0 bridgehead atoms. The number of H-pyrrole nitrogens is 1. The molecule has 284 valence electrons. The van der Waals surface area contributed by atoms with Gasteiger partial charge >= 0.3 is 0 Å². The van der Waals surface area contributed by atoms with Crippen LogP contribution in [0.15, 0.2) is 41.0 Å². The summed E-state index contributed by atoms with van der Waals surface area (Å²) in [4.78, 5) is 56.5. The Kier molecular flexibility index (Phi) is 15.6. The van der Waals surface area contributed by atoms with Crippen molar-refractivity contribution in [2.24, 2.45) is 5.92 Å². The number of pyridine rings is 1. The van der Waals surface area contributed by atoms with E-state index >= 15 is 0 Å². The van der Waals surface area contributed by atoms with Crippen LogP contribution in [0, 0.1) is 12.8 Å². The number of nitrogens with one attached hydrogen (secondary N) is 3. The van der Waals surface area contributed by atoms with Gasteiger partial charge in [0, 0.05) is 41.6 Å². The predicted molar refractivity (Wildman–Crippen MR) is 207 cm³/mol. The molecule has 12 nitrogen and oxygen atoms in total. The standard InChI is InChI=1S/C17H28N2O3.C17H18N2O2S.C4H7NO2S/c1-3-4-5-11-22-12-13(2)17(21)19-10-6-7-15(19)16(20)18-14-8-9-14;1-9(2)13-8-22-17(19-13)12-7-14(20)11-5-6-15(21-4)10(3)16(11)18-12;6-3-5-8(7)4-1-2-4/h3,13-15H,1,4-12H2,2H3,(H,18,20);5-9H,1-4H3,(H,18,20);3-4H,1-2H2,(H,5,6)/t13-,15?;;/m0../s1. The number of carbonyl (C=O) groups excluding carboxylic acids is 3. The van der Waals surface area contributed by atoms with Gasteiger partial charge in [0.05, 0.1) is 41.8 Å². The number of rotatable bonds is 15. The van der Waals surface area contributed by atoms with Gasteiger partial charge in [-0.15, -0.1) is 17.9 Å². The number of likely N-dealkylation sites (tertiary alicyclic amines) is 1. The lowest BCUT2D eigenvalue weighted by Crippen LogP contribution is -2.48. The van der Waals surface area contributed by atoms with Crippen molar-refractivity contribution in [2.45, 2.75) is 102 Å². The number of unbranched alkanes of at least 4 members (excludes halogenated alkanes) is 1. The summed E-state index contributed by atoms with van der Waals surface area (Å²) < 4.78 is 23.7. The fraction of sp³-hybridized carbons (Fsp3) is 0.553. The van der Waals surface area contributed by atoms with Gasteiger partial charge in [-0.05, 0) is 76.3 Å². The maximum Gasteiger partial charge on any atom is 0.243 e. The molecule has 0 radical (unpaired) electrons. The summed E-state index contributed by atoms with van der Waals surface area (Å²) in [6, 6.07) is 5.31. The maximum absolute atomic E-state index is 12.5. The summed E-state index contributed by atoms with van der Waals surface area (Å²) in [7, 11) is 0.552. The van der Waals surface area contributed by atoms with E-state index in [-0.39, 0.29) is 34.5 Å². The Morgan fingerprint density at radius 3 is 2.56 bits per heavy atom. The van der Waals surface area contributed by atoms with Crippen molar-refractivity contribution in [3.05, 3.63) is 57.7 Å². The van der Waals surface area contributed by atoms with Gasteiger partial charge < -0.3 is 24.7 Å². The molecule has 3 aliphatic rings. The number of aromatic nitrogens is 2. The minimum atomic E-state index is -1.08. The van der Waals surface area contributed by atoms with E-state index in [0.717, 1.165) is 84.6 Å². The molecule has 3 amide bonds. The second-order valence-corrected chi connectivity index (χ2v) is 16.1. The van der Waals surface area contributed by atoms with Crippen LogP contribution in [0.3, 0.4) is 0 Å². The van der Waals surface area contributed by atoms with E-state index in [1.165, 1.54) is 0 Å². The summed E-state index contributed by atoms with van der Waals surface area (Å²) in [6.07, 6.45) is 10.0. The molecule has 1 saturated heterocycles. The number of thiazole rings is 1. The highest BCUT2D eigenvalue weighted by Crippen LogP contribution is 2.29. The van der Waals surface area contributed by atoms with E-state index in [1.54, 1.807) is 35.5 Å². The van der Waals surface area contributed by atoms with Gasteiger partial charge in [-0.1, -0.05) is 26.8 Å². The Labute approximate surface area is 312 Å². The fourth-order valence-electron chi connectivity index (χ4n) is 5.65. The molecule has 52 heavy (non-hydrogen) atoms. The van der Waals surface area contributed by atoms with E-state index in [4.69, 9.17) is 9.47 Å². The number of amides is 3. The maximum atomic E-state index is 12.5. The van der Waals surface area contributed by atoms with Crippen molar-refractivity contribution in [1.29, 1.82) is 0 Å². The van der Waals surface area contributed by atoms with Gasteiger partial charge in [-0.2, -0.15) is 0 Å². The van der Waals surface area contributed by atoms with Crippen molar-refractivity contribution in [1.82, 2.24) is 24.9 Å². The van der Waals surface area contributed by atoms with Crippen molar-refractivity contribution < 1.29 is 28.1 Å². The zero-order valence-electron chi connectivity index (χ0n) is 30.9. The van der Waals surface area contributed by atoms with Crippen LogP contribution in [-0.4, -0.2) is 81.5 Å². The van der Waals surface area contributed by atoms with Crippen LogP contribution in [0.4, 0.5) is 0 Å². The van der Waals surface area contributed by atoms with Crippen LogP contribution < -0.4 is 20.2 Å². The summed E-state index contributed by atoms with van der Waals surface area (Å²) in [5, 5.41) is 6.81. The van der Waals surface area contributed by atoms with Gasteiger partial charge in [0.25, 0.3) is 0 Å². The molecule has 1 aliphatic heterocycles. The quantitative estimate of drug-likeness (QED) is 0.104. The van der Waals surface area contributed by atoms with Crippen LogP contribution in [0.5, 0.6) is 5.75 Å². The van der Waals surface area contributed by atoms with E-state index < -0.39 is 11.0 Å². The Morgan fingerprint density at radius 1 is 1.19 bits per heavy atom. The van der Waals surface area contributed by atoms with E-state index in [1.807, 2.05) is 31.4 Å². The van der Waals surface area contributed by atoms with Crippen LogP contribution >= 0.6 is 11.3 Å². The van der Waals surface area contributed by atoms with Crippen molar-refractivity contribution in [3.8, 4) is 16.5 Å². The monoisotopic (exact) mass is 755 g/mol. The highest BCUT2D eigenvalue weighted by Gasteiger charge is 2.37. The summed E-state index contributed by atoms with van der Waals surface area (Å²) in [5.41, 5.74) is 3.53. The number of methoxy groups -OCH3 is 1. The summed E-state index contributed by atoms with van der Waals surface area (Å²) in [6.45, 7) is 13.5. The van der Waals surface area contributed by atoms with Crippen LogP contribution in [0.1, 0.15) is 89.3 Å². The highest BCUT2D eigenvalue weighted by molar-refractivity contribution is 7.84. The lowest BCUT2D eigenvalue weighted by molar-refractivity contribution is -0.142.